The third kappa shape index (κ3) is 2.00. The Hall–Kier alpha value is -1.55. The van der Waals surface area contributed by atoms with E-state index in [1.807, 2.05) is 0 Å². The number of aromatic nitrogens is 2. The second-order valence-electron chi connectivity index (χ2n) is 4.64. The number of anilines is 1. The number of piperidine rings is 1. The second kappa shape index (κ2) is 4.37. The van der Waals surface area contributed by atoms with Crippen LogP contribution >= 0.6 is 0 Å². The third-order valence-electron chi connectivity index (χ3n) is 3.43. The number of nitrogens with two attached hydrogens (primary N) is 1. The van der Waals surface area contributed by atoms with E-state index in [4.69, 9.17) is 5.73 Å². The van der Waals surface area contributed by atoms with Crippen molar-refractivity contribution in [1.82, 2.24) is 9.97 Å². The first kappa shape index (κ1) is 10.6. The van der Waals surface area contributed by atoms with Gasteiger partial charge in [0.15, 0.2) is 0 Å². The van der Waals surface area contributed by atoms with Crippen molar-refractivity contribution >= 4 is 16.7 Å². The molecule has 0 bridgehead atoms. The fourth-order valence-electron chi connectivity index (χ4n) is 2.50. The van der Waals surface area contributed by atoms with E-state index in [1.165, 1.54) is 38.0 Å². The van der Waals surface area contributed by atoms with Gasteiger partial charge in [0.25, 0.3) is 0 Å². The molecule has 4 heteroatoms. The molecule has 0 radical (unpaired) electrons. The Morgan fingerprint density at radius 1 is 1.24 bits per heavy atom. The molecule has 1 fully saturated rings. The van der Waals surface area contributed by atoms with Crippen LogP contribution in [0.2, 0.25) is 0 Å². The Bertz CT molecular complexity index is 511. The number of rotatable bonds is 2. The SMILES string of the molecule is NCc1nc2ccc(N3CCCCC3)cc2[nH]1. The monoisotopic (exact) mass is 230 g/mol. The zero-order valence-electron chi connectivity index (χ0n) is 9.95. The molecule has 0 unspecified atom stereocenters. The molecular weight excluding hydrogens is 212 g/mol. The lowest BCUT2D eigenvalue weighted by Gasteiger charge is -2.28. The fraction of sp³-hybridized carbons (Fsp3) is 0.462. The van der Waals surface area contributed by atoms with E-state index in [0.29, 0.717) is 6.54 Å². The number of nitrogens with zero attached hydrogens (tertiary/aromatic N) is 2. The summed E-state index contributed by atoms with van der Waals surface area (Å²) in [7, 11) is 0. The fourth-order valence-corrected chi connectivity index (χ4v) is 2.50. The Balaban J connectivity index is 1.94. The van der Waals surface area contributed by atoms with Gasteiger partial charge in [0.2, 0.25) is 0 Å². The second-order valence-corrected chi connectivity index (χ2v) is 4.64. The van der Waals surface area contributed by atoms with Crippen molar-refractivity contribution in [3.05, 3.63) is 24.0 Å². The standard InChI is InChI=1S/C13H18N4/c14-9-13-15-11-5-4-10(8-12(11)16-13)17-6-2-1-3-7-17/h4-5,8H,1-3,6-7,9,14H2,(H,15,16). The van der Waals surface area contributed by atoms with Crippen LogP contribution in [0, 0.1) is 0 Å². The minimum absolute atomic E-state index is 0.466. The number of aromatic amines is 1. The Morgan fingerprint density at radius 3 is 2.82 bits per heavy atom. The molecule has 1 aliphatic heterocycles. The summed E-state index contributed by atoms with van der Waals surface area (Å²) in [5.41, 5.74) is 8.98. The highest BCUT2D eigenvalue weighted by atomic mass is 15.1. The van der Waals surface area contributed by atoms with Crippen LogP contribution in [-0.4, -0.2) is 23.1 Å². The minimum atomic E-state index is 0.466. The topological polar surface area (TPSA) is 57.9 Å². The molecule has 0 amide bonds. The van der Waals surface area contributed by atoms with Crippen molar-refractivity contribution in [2.75, 3.05) is 18.0 Å². The smallest absolute Gasteiger partial charge is 0.121 e. The number of hydrogen-bond acceptors (Lipinski definition) is 3. The number of H-pyrrole nitrogens is 1. The molecule has 0 aliphatic carbocycles. The highest BCUT2D eigenvalue weighted by Crippen LogP contribution is 2.23. The number of benzene rings is 1. The van der Waals surface area contributed by atoms with E-state index in [2.05, 4.69) is 33.1 Å². The van der Waals surface area contributed by atoms with Gasteiger partial charge in [-0.1, -0.05) is 0 Å². The number of fused-ring (bicyclic) bond motifs is 1. The molecule has 2 heterocycles. The first-order chi connectivity index (χ1) is 8.36. The minimum Gasteiger partial charge on any atom is -0.371 e. The highest BCUT2D eigenvalue weighted by molar-refractivity contribution is 5.79. The van der Waals surface area contributed by atoms with Gasteiger partial charge in [0, 0.05) is 18.8 Å². The molecular formula is C13H18N4. The maximum atomic E-state index is 5.59. The molecule has 4 nitrogen and oxygen atoms in total. The molecule has 1 saturated heterocycles. The van der Waals surface area contributed by atoms with Gasteiger partial charge in [-0.3, -0.25) is 0 Å². The Labute approximate surface area is 101 Å². The van der Waals surface area contributed by atoms with E-state index in [9.17, 15) is 0 Å². The van der Waals surface area contributed by atoms with Gasteiger partial charge in [0.1, 0.15) is 5.82 Å². The number of nitrogens with one attached hydrogen (secondary N) is 1. The lowest BCUT2D eigenvalue weighted by molar-refractivity contribution is 0.578. The normalized spacial score (nSPS) is 16.6. The van der Waals surface area contributed by atoms with Gasteiger partial charge >= 0.3 is 0 Å². The van der Waals surface area contributed by atoms with Crippen LogP contribution < -0.4 is 10.6 Å². The van der Waals surface area contributed by atoms with Crippen LogP contribution in [0.1, 0.15) is 25.1 Å². The lowest BCUT2D eigenvalue weighted by atomic mass is 10.1. The predicted octanol–water partition coefficient (Wildman–Crippen LogP) is 2.01. The lowest BCUT2D eigenvalue weighted by Crippen LogP contribution is -2.29. The summed E-state index contributed by atoms with van der Waals surface area (Å²) in [6, 6.07) is 6.43. The van der Waals surface area contributed by atoms with Gasteiger partial charge in [-0.15, -0.1) is 0 Å². The summed E-state index contributed by atoms with van der Waals surface area (Å²) in [6.45, 7) is 2.81. The van der Waals surface area contributed by atoms with E-state index in [-0.39, 0.29) is 0 Å². The number of hydrogen-bond donors (Lipinski definition) is 2. The largest absolute Gasteiger partial charge is 0.371 e. The first-order valence-electron chi connectivity index (χ1n) is 6.30. The average Bonchev–Trinajstić information content (AvgIpc) is 2.81. The molecule has 0 spiro atoms. The maximum absolute atomic E-state index is 5.59. The van der Waals surface area contributed by atoms with Gasteiger partial charge < -0.3 is 15.6 Å². The van der Waals surface area contributed by atoms with Crippen LogP contribution in [0.4, 0.5) is 5.69 Å². The van der Waals surface area contributed by atoms with E-state index < -0.39 is 0 Å². The van der Waals surface area contributed by atoms with E-state index in [0.717, 1.165) is 16.9 Å². The zero-order chi connectivity index (χ0) is 11.7. The molecule has 1 aliphatic rings. The van der Waals surface area contributed by atoms with Gasteiger partial charge in [-0.25, -0.2) is 4.98 Å². The predicted molar refractivity (Wildman–Crippen MR) is 70.0 cm³/mol. The molecule has 90 valence electrons. The van der Waals surface area contributed by atoms with Crippen LogP contribution in [-0.2, 0) is 6.54 Å². The molecule has 2 aromatic rings. The highest BCUT2D eigenvalue weighted by Gasteiger charge is 2.12. The quantitative estimate of drug-likeness (QED) is 0.829. The molecule has 17 heavy (non-hydrogen) atoms. The van der Waals surface area contributed by atoms with Gasteiger partial charge in [0.05, 0.1) is 17.6 Å². The Morgan fingerprint density at radius 2 is 2.06 bits per heavy atom. The maximum Gasteiger partial charge on any atom is 0.121 e. The molecule has 1 aromatic carbocycles. The van der Waals surface area contributed by atoms with Crippen LogP contribution in [0.25, 0.3) is 11.0 Å². The summed E-state index contributed by atoms with van der Waals surface area (Å²) in [5.74, 6) is 0.857. The van der Waals surface area contributed by atoms with E-state index in [1.54, 1.807) is 0 Å². The van der Waals surface area contributed by atoms with Crippen molar-refractivity contribution in [3.63, 3.8) is 0 Å². The van der Waals surface area contributed by atoms with Crippen LogP contribution in [0.3, 0.4) is 0 Å². The van der Waals surface area contributed by atoms with Gasteiger partial charge in [-0.05, 0) is 37.5 Å². The summed E-state index contributed by atoms with van der Waals surface area (Å²) < 4.78 is 0. The first-order valence-corrected chi connectivity index (χ1v) is 6.30. The van der Waals surface area contributed by atoms with E-state index >= 15 is 0 Å². The molecule has 0 atom stereocenters. The van der Waals surface area contributed by atoms with Crippen LogP contribution in [0.15, 0.2) is 18.2 Å². The Kier molecular flexibility index (Phi) is 2.73. The van der Waals surface area contributed by atoms with Crippen molar-refractivity contribution in [2.45, 2.75) is 25.8 Å². The molecule has 3 rings (SSSR count). The summed E-state index contributed by atoms with van der Waals surface area (Å²) >= 11 is 0. The summed E-state index contributed by atoms with van der Waals surface area (Å²) in [6.07, 6.45) is 3.96. The number of imidazole rings is 1. The molecule has 3 N–H and O–H groups in total. The summed E-state index contributed by atoms with van der Waals surface area (Å²) in [5, 5.41) is 0. The van der Waals surface area contributed by atoms with Crippen molar-refractivity contribution in [2.24, 2.45) is 5.73 Å². The molecule has 0 saturated carbocycles. The van der Waals surface area contributed by atoms with Gasteiger partial charge in [-0.2, -0.15) is 0 Å². The van der Waals surface area contributed by atoms with Crippen molar-refractivity contribution in [1.29, 1.82) is 0 Å². The molecule has 1 aromatic heterocycles. The average molecular weight is 230 g/mol. The third-order valence-corrected chi connectivity index (χ3v) is 3.43. The van der Waals surface area contributed by atoms with Crippen molar-refractivity contribution in [3.8, 4) is 0 Å². The zero-order valence-corrected chi connectivity index (χ0v) is 9.95. The summed E-state index contributed by atoms with van der Waals surface area (Å²) in [4.78, 5) is 10.1. The van der Waals surface area contributed by atoms with Crippen LogP contribution in [0.5, 0.6) is 0 Å². The van der Waals surface area contributed by atoms with Crippen molar-refractivity contribution < 1.29 is 0 Å².